The second kappa shape index (κ2) is 52.5. The van der Waals surface area contributed by atoms with E-state index in [1.54, 1.807) is 0 Å². The zero-order valence-electron chi connectivity index (χ0n) is 42.1. The molecule has 3 N–H and O–H groups in total. The third-order valence-electron chi connectivity index (χ3n) is 13.4. The van der Waals surface area contributed by atoms with Crippen LogP contribution in [0.1, 0.15) is 322 Å². The summed E-state index contributed by atoms with van der Waals surface area (Å²) in [7, 11) is 0. The standard InChI is InChI=1S/C56H111NO5/c1-3-5-7-9-11-13-15-16-26-30-34-38-42-46-50-56(61)62-51-47-43-39-35-31-27-24-22-20-18-17-19-21-23-25-29-33-37-41-45-49-55(60)57-53(52-58)54(59)48-44-40-36-32-28-14-12-10-8-6-4-2/h53-54,58-59H,3-52H2,1-2H3,(H,57,60). The van der Waals surface area contributed by atoms with Gasteiger partial charge in [-0.15, -0.1) is 0 Å². The number of hydrogen-bond acceptors (Lipinski definition) is 5. The molecule has 0 radical (unpaired) electrons. The highest BCUT2D eigenvalue weighted by Gasteiger charge is 2.20. The highest BCUT2D eigenvalue weighted by Crippen LogP contribution is 2.18. The second-order valence-electron chi connectivity index (χ2n) is 19.6. The number of amides is 1. The number of unbranched alkanes of at least 4 members (excludes halogenated alkanes) is 42. The molecule has 2 atom stereocenters. The highest BCUT2D eigenvalue weighted by atomic mass is 16.5. The van der Waals surface area contributed by atoms with E-state index in [2.05, 4.69) is 19.2 Å². The fourth-order valence-electron chi connectivity index (χ4n) is 9.05. The number of esters is 1. The van der Waals surface area contributed by atoms with E-state index >= 15 is 0 Å². The lowest BCUT2D eigenvalue weighted by molar-refractivity contribution is -0.143. The molecule has 0 saturated heterocycles. The van der Waals surface area contributed by atoms with E-state index in [1.165, 1.54) is 250 Å². The quantitative estimate of drug-likeness (QED) is 0.0418. The maximum absolute atomic E-state index is 12.4. The lowest BCUT2D eigenvalue weighted by atomic mass is 10.0. The number of rotatable bonds is 53. The highest BCUT2D eigenvalue weighted by molar-refractivity contribution is 5.76. The molecule has 6 heteroatoms. The molecule has 0 saturated carbocycles. The van der Waals surface area contributed by atoms with E-state index in [0.29, 0.717) is 25.9 Å². The molecule has 0 bridgehead atoms. The molecular weight excluding hydrogens is 767 g/mol. The van der Waals surface area contributed by atoms with Crippen molar-refractivity contribution in [3.05, 3.63) is 0 Å². The number of ether oxygens (including phenoxy) is 1. The summed E-state index contributed by atoms with van der Waals surface area (Å²) < 4.78 is 5.48. The molecule has 0 spiro atoms. The molecule has 1 amide bonds. The van der Waals surface area contributed by atoms with Gasteiger partial charge in [0.05, 0.1) is 25.4 Å². The normalized spacial score (nSPS) is 12.5. The van der Waals surface area contributed by atoms with Crippen molar-refractivity contribution in [2.45, 2.75) is 334 Å². The van der Waals surface area contributed by atoms with Crippen molar-refractivity contribution in [2.75, 3.05) is 13.2 Å². The van der Waals surface area contributed by atoms with Crippen LogP contribution in [0.25, 0.3) is 0 Å². The average molecular weight is 879 g/mol. The molecule has 0 aromatic carbocycles. The summed E-state index contributed by atoms with van der Waals surface area (Å²) in [5.41, 5.74) is 0. The molecule has 0 aliphatic carbocycles. The number of aliphatic hydroxyl groups is 2. The van der Waals surface area contributed by atoms with Gasteiger partial charge in [0.1, 0.15) is 0 Å². The van der Waals surface area contributed by atoms with E-state index in [-0.39, 0.29) is 18.5 Å². The molecule has 0 aliphatic heterocycles. The van der Waals surface area contributed by atoms with Crippen LogP contribution in [0.4, 0.5) is 0 Å². The van der Waals surface area contributed by atoms with Crippen LogP contribution in [-0.2, 0) is 14.3 Å². The summed E-state index contributed by atoms with van der Waals surface area (Å²) in [5, 5.41) is 23.2. The van der Waals surface area contributed by atoms with Crippen molar-refractivity contribution in [2.24, 2.45) is 0 Å². The zero-order valence-corrected chi connectivity index (χ0v) is 42.1. The van der Waals surface area contributed by atoms with Crippen molar-refractivity contribution >= 4 is 11.9 Å². The van der Waals surface area contributed by atoms with Crippen LogP contribution in [-0.4, -0.2) is 47.4 Å². The summed E-state index contributed by atoms with van der Waals surface area (Å²) in [6, 6.07) is -0.540. The molecule has 0 aliphatic rings. The van der Waals surface area contributed by atoms with Crippen LogP contribution in [0.2, 0.25) is 0 Å². The van der Waals surface area contributed by atoms with E-state index in [4.69, 9.17) is 4.74 Å². The summed E-state index contributed by atoms with van der Waals surface area (Å²) in [5.74, 6) is -0.0227. The molecule has 0 fully saturated rings. The van der Waals surface area contributed by atoms with Gasteiger partial charge >= 0.3 is 5.97 Å². The van der Waals surface area contributed by atoms with E-state index in [0.717, 1.165) is 38.5 Å². The Labute approximate surface area is 387 Å². The summed E-state index contributed by atoms with van der Waals surface area (Å²) in [6.45, 7) is 4.96. The third kappa shape index (κ3) is 48.3. The minimum Gasteiger partial charge on any atom is -0.466 e. The Morgan fingerprint density at radius 3 is 0.984 bits per heavy atom. The Kier molecular flexibility index (Phi) is 51.5. The Morgan fingerprint density at radius 1 is 0.387 bits per heavy atom. The first-order valence-corrected chi connectivity index (χ1v) is 28.3. The second-order valence-corrected chi connectivity index (χ2v) is 19.6. The Balaban J connectivity index is 3.35. The van der Waals surface area contributed by atoms with E-state index < -0.39 is 12.1 Å². The predicted octanol–water partition coefficient (Wildman–Crippen LogP) is 17.1. The molecule has 370 valence electrons. The third-order valence-corrected chi connectivity index (χ3v) is 13.4. The predicted molar refractivity (Wildman–Crippen MR) is 269 cm³/mol. The molecule has 0 aromatic rings. The van der Waals surface area contributed by atoms with Gasteiger partial charge in [0.25, 0.3) is 0 Å². The van der Waals surface area contributed by atoms with E-state index in [9.17, 15) is 19.8 Å². The average Bonchev–Trinajstić information content (AvgIpc) is 3.27. The first-order chi connectivity index (χ1) is 30.5. The van der Waals surface area contributed by atoms with Crippen LogP contribution in [0.5, 0.6) is 0 Å². The Bertz CT molecular complexity index is 882. The van der Waals surface area contributed by atoms with Crippen molar-refractivity contribution in [3.63, 3.8) is 0 Å². The van der Waals surface area contributed by atoms with Gasteiger partial charge in [-0.2, -0.15) is 0 Å². The Hall–Kier alpha value is -1.14. The lowest BCUT2D eigenvalue weighted by Crippen LogP contribution is -2.45. The molecule has 2 unspecified atom stereocenters. The zero-order chi connectivity index (χ0) is 45.1. The van der Waals surface area contributed by atoms with Gasteiger partial charge in [0.15, 0.2) is 0 Å². The van der Waals surface area contributed by atoms with Crippen LogP contribution in [0.3, 0.4) is 0 Å². The van der Waals surface area contributed by atoms with Crippen molar-refractivity contribution in [1.82, 2.24) is 5.32 Å². The maximum Gasteiger partial charge on any atom is 0.305 e. The molecule has 0 heterocycles. The largest absolute Gasteiger partial charge is 0.466 e. The topological polar surface area (TPSA) is 95.9 Å². The van der Waals surface area contributed by atoms with Crippen molar-refractivity contribution in [3.8, 4) is 0 Å². The Morgan fingerprint density at radius 2 is 0.661 bits per heavy atom. The first-order valence-electron chi connectivity index (χ1n) is 28.3. The molecular formula is C56H111NO5. The molecule has 62 heavy (non-hydrogen) atoms. The van der Waals surface area contributed by atoms with Gasteiger partial charge in [0.2, 0.25) is 5.91 Å². The summed E-state index contributed by atoms with van der Waals surface area (Å²) in [6.07, 6.45) is 59.5. The van der Waals surface area contributed by atoms with Crippen LogP contribution < -0.4 is 5.32 Å². The van der Waals surface area contributed by atoms with Gasteiger partial charge in [0, 0.05) is 12.8 Å². The summed E-state index contributed by atoms with van der Waals surface area (Å²) in [4.78, 5) is 24.5. The first kappa shape index (κ1) is 60.9. The minimum atomic E-state index is -0.662. The van der Waals surface area contributed by atoms with E-state index in [1.807, 2.05) is 0 Å². The maximum atomic E-state index is 12.4. The van der Waals surface area contributed by atoms with Crippen molar-refractivity contribution < 1.29 is 24.5 Å². The van der Waals surface area contributed by atoms with Gasteiger partial charge in [-0.1, -0.05) is 284 Å². The van der Waals surface area contributed by atoms with Crippen LogP contribution in [0, 0.1) is 0 Å². The number of hydrogen-bond donors (Lipinski definition) is 3. The van der Waals surface area contributed by atoms with Gasteiger partial charge in [-0.25, -0.2) is 0 Å². The smallest absolute Gasteiger partial charge is 0.305 e. The molecule has 0 rings (SSSR count). The minimum absolute atomic E-state index is 0.0135. The number of carbonyl (C=O) groups excluding carboxylic acids is 2. The van der Waals surface area contributed by atoms with Gasteiger partial charge in [-0.05, 0) is 25.7 Å². The number of carbonyl (C=O) groups is 2. The molecule has 0 aromatic heterocycles. The van der Waals surface area contributed by atoms with Gasteiger partial charge in [-0.3, -0.25) is 9.59 Å². The number of nitrogens with one attached hydrogen (secondary N) is 1. The fourth-order valence-corrected chi connectivity index (χ4v) is 9.05. The SMILES string of the molecule is CCCCCCCCCCCCCCCCC(=O)OCCCCCCCCCCCCCCCCCCCCCCC(=O)NC(CO)C(O)CCCCCCCCCCCCC. The van der Waals surface area contributed by atoms with Gasteiger partial charge < -0.3 is 20.3 Å². The lowest BCUT2D eigenvalue weighted by Gasteiger charge is -2.22. The number of aliphatic hydroxyl groups excluding tert-OH is 2. The fraction of sp³-hybridized carbons (Fsp3) is 0.964. The van der Waals surface area contributed by atoms with Crippen LogP contribution in [0.15, 0.2) is 0 Å². The monoisotopic (exact) mass is 878 g/mol. The molecule has 6 nitrogen and oxygen atoms in total. The van der Waals surface area contributed by atoms with Crippen molar-refractivity contribution in [1.29, 1.82) is 0 Å². The summed E-state index contributed by atoms with van der Waals surface area (Å²) >= 11 is 0. The van der Waals surface area contributed by atoms with Crippen LogP contribution >= 0.6 is 0 Å².